The number of fused-ring (bicyclic) bond motifs is 1. The van der Waals surface area contributed by atoms with Crippen molar-refractivity contribution in [3.63, 3.8) is 0 Å². The van der Waals surface area contributed by atoms with Gasteiger partial charge in [-0.1, -0.05) is 0 Å². The van der Waals surface area contributed by atoms with E-state index < -0.39 is 11.6 Å². The molecular weight excluding hydrogens is 481 g/mol. The Hall–Kier alpha value is -3.07. The van der Waals surface area contributed by atoms with Gasteiger partial charge in [0.2, 0.25) is 0 Å². The minimum Gasteiger partial charge on any atom is -0.489 e. The number of aromatic nitrogens is 2. The molecule has 1 amide bonds. The zero-order valence-electron chi connectivity index (χ0n) is 21.3. The highest BCUT2D eigenvalue weighted by Crippen LogP contribution is 2.38. The number of amides is 1. The van der Waals surface area contributed by atoms with Gasteiger partial charge in [-0.3, -0.25) is 4.79 Å². The minimum absolute atomic E-state index is 0.00178. The lowest BCUT2D eigenvalue weighted by atomic mass is 9.91. The third-order valence-electron chi connectivity index (χ3n) is 7.52. The van der Waals surface area contributed by atoms with E-state index in [4.69, 9.17) is 4.74 Å². The molecule has 5 rings (SSSR count). The van der Waals surface area contributed by atoms with Crippen molar-refractivity contribution < 1.29 is 22.7 Å². The van der Waals surface area contributed by atoms with Crippen molar-refractivity contribution in [1.82, 2.24) is 19.4 Å². The average Bonchev–Trinajstić information content (AvgIpc) is 3.55. The van der Waals surface area contributed by atoms with Gasteiger partial charge in [0, 0.05) is 49.9 Å². The van der Waals surface area contributed by atoms with Crippen LogP contribution < -0.4 is 4.74 Å². The molecule has 2 fully saturated rings. The fourth-order valence-corrected chi connectivity index (χ4v) is 5.19. The number of ether oxygens (including phenoxy) is 1. The van der Waals surface area contributed by atoms with E-state index in [1.54, 1.807) is 6.20 Å². The van der Waals surface area contributed by atoms with Crippen molar-refractivity contribution in [3.05, 3.63) is 54.4 Å². The summed E-state index contributed by atoms with van der Waals surface area (Å²) < 4.78 is 47.7. The molecule has 4 heterocycles. The van der Waals surface area contributed by atoms with E-state index in [0.717, 1.165) is 42.7 Å². The van der Waals surface area contributed by atoms with Crippen LogP contribution in [0.15, 0.2) is 48.8 Å². The molecule has 0 saturated carbocycles. The number of pyridine rings is 1. The van der Waals surface area contributed by atoms with E-state index in [1.165, 1.54) is 13.8 Å². The van der Waals surface area contributed by atoms with Crippen LogP contribution in [0.25, 0.3) is 16.7 Å². The number of alkyl halides is 3. The zero-order valence-corrected chi connectivity index (χ0v) is 21.3. The Morgan fingerprint density at radius 1 is 1.03 bits per heavy atom. The Labute approximate surface area is 215 Å². The molecule has 0 spiro atoms. The maximum atomic E-state index is 13.2. The van der Waals surface area contributed by atoms with Crippen molar-refractivity contribution in [2.75, 3.05) is 32.7 Å². The molecule has 2 aromatic heterocycles. The summed E-state index contributed by atoms with van der Waals surface area (Å²) in [5.41, 5.74) is -0.0567. The molecule has 37 heavy (non-hydrogen) atoms. The van der Waals surface area contributed by atoms with Crippen molar-refractivity contribution >= 4 is 16.8 Å². The average molecular weight is 515 g/mol. The number of hydrogen-bond acceptors (Lipinski definition) is 4. The van der Waals surface area contributed by atoms with Crippen LogP contribution in [0.1, 0.15) is 49.9 Å². The predicted molar refractivity (Wildman–Crippen MR) is 136 cm³/mol. The molecule has 0 bridgehead atoms. The number of rotatable bonds is 6. The third-order valence-corrected chi connectivity index (χ3v) is 7.52. The van der Waals surface area contributed by atoms with Gasteiger partial charge in [0.25, 0.3) is 5.91 Å². The lowest BCUT2D eigenvalue weighted by Crippen LogP contribution is -2.47. The maximum absolute atomic E-state index is 13.2. The number of piperidine rings is 1. The first-order valence-corrected chi connectivity index (χ1v) is 12.9. The van der Waals surface area contributed by atoms with Gasteiger partial charge in [-0.25, -0.2) is 4.98 Å². The monoisotopic (exact) mass is 514 g/mol. The highest BCUT2D eigenvalue weighted by molar-refractivity contribution is 5.98. The number of nitrogens with zero attached hydrogens (tertiary/aromatic N) is 4. The number of carbonyl (C=O) groups excluding carboxylic acids is 1. The van der Waals surface area contributed by atoms with Crippen LogP contribution in [-0.2, 0) is 0 Å². The summed E-state index contributed by atoms with van der Waals surface area (Å²) >= 11 is 0. The molecule has 0 unspecified atom stereocenters. The fraction of sp³-hybridized carbons (Fsp3) is 0.500. The second-order valence-corrected chi connectivity index (χ2v) is 10.8. The van der Waals surface area contributed by atoms with Gasteiger partial charge in [-0.2, -0.15) is 13.2 Å². The van der Waals surface area contributed by atoms with Crippen molar-refractivity contribution in [2.24, 2.45) is 5.41 Å². The van der Waals surface area contributed by atoms with Gasteiger partial charge in [-0.15, -0.1) is 0 Å². The Kier molecular flexibility index (Phi) is 6.91. The first kappa shape index (κ1) is 25.6. The molecule has 2 aliphatic heterocycles. The van der Waals surface area contributed by atoms with Crippen LogP contribution in [0.5, 0.6) is 5.75 Å². The Morgan fingerprint density at radius 2 is 1.76 bits per heavy atom. The zero-order chi connectivity index (χ0) is 26.2. The Balaban J connectivity index is 1.19. The van der Waals surface area contributed by atoms with Crippen LogP contribution in [0.2, 0.25) is 0 Å². The SMILES string of the molecule is CC(C)(CN1CCC(Oc2ccc(-n3ccc4cc(C(=O)N5CCCC5)ccc43)nc2)CC1)C(F)(F)F. The van der Waals surface area contributed by atoms with Crippen LogP contribution in [0.4, 0.5) is 13.2 Å². The molecule has 3 aromatic rings. The summed E-state index contributed by atoms with van der Waals surface area (Å²) in [5, 5.41) is 0.979. The lowest BCUT2D eigenvalue weighted by molar-refractivity contribution is -0.217. The molecule has 9 heteroatoms. The summed E-state index contributed by atoms with van der Waals surface area (Å²) in [7, 11) is 0. The molecular formula is C28H33F3N4O2. The van der Waals surface area contributed by atoms with Crippen LogP contribution >= 0.6 is 0 Å². The predicted octanol–water partition coefficient (Wildman–Crippen LogP) is 5.69. The number of carbonyl (C=O) groups is 1. The normalized spacial score (nSPS) is 18.0. The van der Waals surface area contributed by atoms with E-state index in [-0.39, 0.29) is 18.6 Å². The van der Waals surface area contributed by atoms with E-state index in [2.05, 4.69) is 4.98 Å². The number of halogens is 3. The standard InChI is InChI=1S/C28H33F3N4O2/c1-27(2,28(29,30)31)19-33-14-10-22(11-15-33)37-23-6-8-25(32-18-23)35-16-9-20-17-21(5-7-24(20)35)26(36)34-12-3-4-13-34/h5-9,16-18,22H,3-4,10-15,19H2,1-2H3. The number of likely N-dealkylation sites (tertiary alicyclic amines) is 2. The van der Waals surface area contributed by atoms with Gasteiger partial charge in [-0.05, 0) is 75.9 Å². The quantitative estimate of drug-likeness (QED) is 0.424. The second kappa shape index (κ2) is 10.0. The second-order valence-electron chi connectivity index (χ2n) is 10.8. The molecule has 198 valence electrons. The molecule has 2 saturated heterocycles. The van der Waals surface area contributed by atoms with Crippen molar-refractivity contribution in [3.8, 4) is 11.6 Å². The van der Waals surface area contributed by atoms with Crippen LogP contribution in [0.3, 0.4) is 0 Å². The van der Waals surface area contributed by atoms with Gasteiger partial charge in [0.05, 0.1) is 17.1 Å². The minimum atomic E-state index is -4.22. The van der Waals surface area contributed by atoms with E-state index >= 15 is 0 Å². The molecule has 6 nitrogen and oxygen atoms in total. The third kappa shape index (κ3) is 5.46. The van der Waals surface area contributed by atoms with Gasteiger partial charge in [0.15, 0.2) is 0 Å². The van der Waals surface area contributed by atoms with Gasteiger partial charge in [0.1, 0.15) is 17.7 Å². The highest BCUT2D eigenvalue weighted by Gasteiger charge is 2.48. The smallest absolute Gasteiger partial charge is 0.395 e. The summed E-state index contributed by atoms with van der Waals surface area (Å²) in [6.45, 7) is 5.31. The molecule has 0 atom stereocenters. The van der Waals surface area contributed by atoms with Crippen molar-refractivity contribution in [1.29, 1.82) is 0 Å². The number of hydrogen-bond donors (Lipinski definition) is 0. The first-order valence-electron chi connectivity index (χ1n) is 12.9. The maximum Gasteiger partial charge on any atom is 0.395 e. The molecule has 0 radical (unpaired) electrons. The van der Waals surface area contributed by atoms with Gasteiger partial charge >= 0.3 is 6.18 Å². The molecule has 1 aromatic carbocycles. The largest absolute Gasteiger partial charge is 0.489 e. The fourth-order valence-electron chi connectivity index (χ4n) is 5.19. The highest BCUT2D eigenvalue weighted by atomic mass is 19.4. The first-order chi connectivity index (χ1) is 17.6. The summed E-state index contributed by atoms with van der Waals surface area (Å²) in [6.07, 6.45) is 2.85. The van der Waals surface area contributed by atoms with Crippen LogP contribution in [-0.4, -0.2) is 70.3 Å². The number of benzene rings is 1. The summed E-state index contributed by atoms with van der Waals surface area (Å²) in [4.78, 5) is 21.1. The van der Waals surface area contributed by atoms with E-state index in [1.807, 2.05) is 57.0 Å². The van der Waals surface area contributed by atoms with Crippen molar-refractivity contribution in [2.45, 2.75) is 51.8 Å². The lowest BCUT2D eigenvalue weighted by Gasteiger charge is -2.38. The molecule has 0 N–H and O–H groups in total. The van der Waals surface area contributed by atoms with E-state index in [0.29, 0.717) is 37.2 Å². The van der Waals surface area contributed by atoms with Gasteiger partial charge < -0.3 is 19.1 Å². The summed E-state index contributed by atoms with van der Waals surface area (Å²) in [5.74, 6) is 1.47. The topological polar surface area (TPSA) is 50.6 Å². The van der Waals surface area contributed by atoms with Crippen LogP contribution in [0, 0.1) is 5.41 Å². The molecule has 2 aliphatic rings. The molecule has 0 aliphatic carbocycles. The summed E-state index contributed by atoms with van der Waals surface area (Å²) in [6, 6.07) is 11.5. The Bertz CT molecular complexity index is 1240. The van der Waals surface area contributed by atoms with E-state index in [9.17, 15) is 18.0 Å². The Morgan fingerprint density at radius 3 is 2.41 bits per heavy atom.